The zero-order valence-electron chi connectivity index (χ0n) is 15.5. The number of nitriles is 1. The molecule has 0 aromatic carbocycles. The minimum atomic E-state index is -2.19. The second-order valence-electron chi connectivity index (χ2n) is 5.70. The van der Waals surface area contributed by atoms with E-state index in [0.29, 0.717) is 29.7 Å². The van der Waals surface area contributed by atoms with Crippen molar-refractivity contribution in [1.82, 2.24) is 24.7 Å². The second kappa shape index (κ2) is 5.84. The van der Waals surface area contributed by atoms with E-state index in [1.807, 2.05) is 6.07 Å². The summed E-state index contributed by atoms with van der Waals surface area (Å²) in [4.78, 5) is 11.5. The van der Waals surface area contributed by atoms with Crippen molar-refractivity contribution in [3.63, 3.8) is 0 Å². The highest BCUT2D eigenvalue weighted by Gasteiger charge is 2.27. The first-order valence-electron chi connectivity index (χ1n) is 9.18. The molecule has 0 aliphatic heterocycles. The third-order valence-electron chi connectivity index (χ3n) is 4.33. The maximum Gasteiger partial charge on any atom is 0.141 e. The van der Waals surface area contributed by atoms with Gasteiger partial charge in [-0.05, 0) is 24.8 Å². The van der Waals surface area contributed by atoms with Gasteiger partial charge in [-0.25, -0.2) is 9.97 Å². The highest BCUT2D eigenvalue weighted by Crippen LogP contribution is 2.36. The number of rotatable bonds is 4. The Morgan fingerprint density at radius 3 is 3.17 bits per heavy atom. The van der Waals surface area contributed by atoms with Crippen LogP contribution in [0.15, 0.2) is 31.0 Å². The Morgan fingerprint density at radius 1 is 1.48 bits per heavy atom. The van der Waals surface area contributed by atoms with Gasteiger partial charge in [0.25, 0.3) is 0 Å². The van der Waals surface area contributed by atoms with Crippen LogP contribution in [0, 0.1) is 17.2 Å². The molecule has 0 bridgehead atoms. The molecule has 6 nitrogen and oxygen atoms in total. The molecule has 1 atom stereocenters. The van der Waals surface area contributed by atoms with Gasteiger partial charge in [-0.15, -0.1) is 0 Å². The Kier molecular flexibility index (Phi) is 2.78. The minimum absolute atomic E-state index is 0.559. The molecule has 3 aromatic heterocycles. The average molecular weight is 309 g/mol. The van der Waals surface area contributed by atoms with Crippen molar-refractivity contribution in [3.05, 3.63) is 31.0 Å². The molecule has 3 aromatic rings. The summed E-state index contributed by atoms with van der Waals surface area (Å²) in [6, 6.07) is 2.64. The lowest BCUT2D eigenvalue weighted by atomic mass is 9.96. The van der Waals surface area contributed by atoms with Crippen LogP contribution in [0.2, 0.25) is 0 Å². The Bertz CT molecular complexity index is 980. The van der Waals surface area contributed by atoms with Crippen molar-refractivity contribution in [2.75, 3.05) is 0 Å². The van der Waals surface area contributed by atoms with Crippen LogP contribution in [0.1, 0.15) is 42.2 Å². The van der Waals surface area contributed by atoms with Gasteiger partial charge in [0.1, 0.15) is 12.0 Å². The number of hydrogen-bond acceptors (Lipinski definition) is 4. The first-order valence-corrected chi connectivity index (χ1v) is 7.68. The first kappa shape index (κ1) is 10.9. The van der Waals surface area contributed by atoms with E-state index in [4.69, 9.17) is 4.11 Å². The summed E-state index contributed by atoms with van der Waals surface area (Å²) in [6.45, 7) is 0. The smallest absolute Gasteiger partial charge is 0.141 e. The summed E-state index contributed by atoms with van der Waals surface area (Å²) in [7, 11) is 0. The predicted molar refractivity (Wildman–Crippen MR) is 86.3 cm³/mol. The van der Waals surface area contributed by atoms with Crippen molar-refractivity contribution in [3.8, 4) is 17.3 Å². The zero-order chi connectivity index (χ0) is 18.4. The second-order valence-corrected chi connectivity index (χ2v) is 5.70. The molecule has 1 aliphatic carbocycles. The molecule has 0 unspecified atom stereocenters. The van der Waals surface area contributed by atoms with Crippen molar-refractivity contribution < 1.29 is 4.11 Å². The fraction of sp³-hybridized carbons (Fsp3) is 0.412. The van der Waals surface area contributed by atoms with Crippen molar-refractivity contribution >= 4 is 11.0 Å². The summed E-state index contributed by atoms with van der Waals surface area (Å²) in [6.07, 6.45) is 7.19. The molecule has 4 rings (SSSR count). The monoisotopic (exact) mass is 309 g/mol. The molecule has 6 heteroatoms. The number of hydrogen-bond donors (Lipinski definition) is 1. The van der Waals surface area contributed by atoms with Crippen LogP contribution in [-0.4, -0.2) is 24.7 Å². The molecule has 0 amide bonds. The Balaban J connectivity index is 1.80. The van der Waals surface area contributed by atoms with Gasteiger partial charge in [-0.3, -0.25) is 4.68 Å². The van der Waals surface area contributed by atoms with E-state index in [2.05, 4.69) is 20.1 Å². The van der Waals surface area contributed by atoms with E-state index < -0.39 is 18.3 Å². The van der Waals surface area contributed by atoms with Gasteiger partial charge in [0.2, 0.25) is 0 Å². The highest BCUT2D eigenvalue weighted by molar-refractivity contribution is 5.89. The average Bonchev–Trinajstić information content (AvgIpc) is 3.35. The molecular weight excluding hydrogens is 288 g/mol. The maximum atomic E-state index is 9.36. The third-order valence-corrected chi connectivity index (χ3v) is 4.33. The largest absolute Gasteiger partial charge is 0.346 e. The molecule has 1 fully saturated rings. The fourth-order valence-electron chi connectivity index (χ4n) is 3.22. The summed E-state index contributed by atoms with van der Waals surface area (Å²) in [5, 5.41) is 14.5. The fourth-order valence-corrected chi connectivity index (χ4v) is 3.22. The molecule has 0 spiro atoms. The number of aromatic nitrogens is 5. The van der Waals surface area contributed by atoms with Gasteiger partial charge in [0.15, 0.2) is 0 Å². The Hall–Kier alpha value is -2.68. The topological polar surface area (TPSA) is 83.2 Å². The summed E-state index contributed by atoms with van der Waals surface area (Å²) in [5.41, 5.74) is 2.10. The Labute approximate surface area is 138 Å². The van der Waals surface area contributed by atoms with Crippen molar-refractivity contribution in [1.29, 1.82) is 5.26 Å². The molecule has 0 radical (unpaired) electrons. The van der Waals surface area contributed by atoms with Crippen LogP contribution in [-0.2, 0) is 0 Å². The quantitative estimate of drug-likeness (QED) is 0.800. The van der Waals surface area contributed by atoms with Crippen LogP contribution in [0.25, 0.3) is 22.3 Å². The first-order chi connectivity index (χ1) is 12.4. The number of nitrogens with zero attached hydrogens (tertiary/aromatic N) is 5. The highest BCUT2D eigenvalue weighted by atomic mass is 15.3. The van der Waals surface area contributed by atoms with E-state index >= 15 is 0 Å². The zero-order valence-corrected chi connectivity index (χ0v) is 12.5. The van der Waals surface area contributed by atoms with Gasteiger partial charge >= 0.3 is 0 Å². The molecule has 1 aliphatic rings. The minimum Gasteiger partial charge on any atom is -0.346 e. The van der Waals surface area contributed by atoms with Gasteiger partial charge < -0.3 is 4.98 Å². The number of fused-ring (bicyclic) bond motifs is 1. The van der Waals surface area contributed by atoms with Crippen molar-refractivity contribution in [2.45, 2.75) is 38.1 Å². The lowest BCUT2D eigenvalue weighted by molar-refractivity contribution is 0.315. The number of nitrogens with one attached hydrogen (secondary N) is 1. The van der Waals surface area contributed by atoms with E-state index in [1.54, 1.807) is 24.7 Å². The summed E-state index contributed by atoms with van der Waals surface area (Å²) in [5.74, 6) is -1.04. The molecule has 1 saturated carbocycles. The van der Waals surface area contributed by atoms with Crippen LogP contribution in [0.3, 0.4) is 0 Å². The van der Waals surface area contributed by atoms with Gasteiger partial charge in [0.05, 0.1) is 30.4 Å². The van der Waals surface area contributed by atoms with E-state index in [1.165, 1.54) is 11.0 Å². The lowest BCUT2D eigenvalue weighted by Crippen LogP contribution is -2.17. The van der Waals surface area contributed by atoms with E-state index in [9.17, 15) is 5.26 Å². The lowest BCUT2D eigenvalue weighted by Gasteiger charge is -2.21. The van der Waals surface area contributed by atoms with Crippen LogP contribution in [0.4, 0.5) is 0 Å². The molecule has 23 heavy (non-hydrogen) atoms. The van der Waals surface area contributed by atoms with E-state index in [0.717, 1.165) is 18.2 Å². The normalized spacial score (nSPS) is 20.6. The van der Waals surface area contributed by atoms with Gasteiger partial charge in [-0.2, -0.15) is 10.4 Å². The summed E-state index contributed by atoms with van der Waals surface area (Å²) >= 11 is 0. The Morgan fingerprint density at radius 2 is 2.35 bits per heavy atom. The standard InChI is InChI=1S/C17H18N6/c18-7-5-15(12-3-1-2-4-12)23-10-13(9-22-23)16-14-6-8-19-17(14)21-11-20-16/h6,8-12,15H,1-5H2,(H,19,20,21)/t15-/m1/s1/i5D2,12D. The number of H-pyrrole nitrogens is 1. The van der Waals surface area contributed by atoms with Gasteiger partial charge in [-0.1, -0.05) is 12.8 Å². The molecule has 0 saturated heterocycles. The van der Waals surface area contributed by atoms with Crippen LogP contribution >= 0.6 is 0 Å². The van der Waals surface area contributed by atoms with Gasteiger partial charge in [0, 0.05) is 27.5 Å². The van der Waals surface area contributed by atoms with Crippen LogP contribution < -0.4 is 0 Å². The van der Waals surface area contributed by atoms with Crippen molar-refractivity contribution in [2.24, 2.45) is 5.89 Å². The molecule has 116 valence electrons. The molecule has 1 N–H and O–H groups in total. The maximum absolute atomic E-state index is 9.36. The number of aromatic amines is 1. The predicted octanol–water partition coefficient (Wildman–Crippen LogP) is 3.47. The van der Waals surface area contributed by atoms with E-state index in [-0.39, 0.29) is 0 Å². The van der Waals surface area contributed by atoms with Crippen LogP contribution in [0.5, 0.6) is 0 Å². The SMILES string of the molecule is [2H]C([2H])(C#N)[C@@H](n1cc(-c2ncnc3[nH]ccc23)cn1)C1([2H])CCCC1. The molecule has 3 heterocycles. The summed E-state index contributed by atoms with van der Waals surface area (Å²) < 4.78 is 26.6. The molecular formula is C17H18N6. The third kappa shape index (κ3) is 2.48.